The van der Waals surface area contributed by atoms with Gasteiger partial charge in [0.25, 0.3) is 0 Å². The van der Waals surface area contributed by atoms with E-state index in [4.69, 9.17) is 9.26 Å². The Kier molecular flexibility index (Phi) is 3.63. The minimum absolute atomic E-state index is 0.343. The fourth-order valence-corrected chi connectivity index (χ4v) is 5.04. The second-order valence-corrected chi connectivity index (χ2v) is 7.59. The third-order valence-corrected chi connectivity index (χ3v) is 6.36. The van der Waals surface area contributed by atoms with Crippen molar-refractivity contribution in [1.29, 1.82) is 0 Å². The van der Waals surface area contributed by atoms with Crippen molar-refractivity contribution in [3.8, 4) is 10.6 Å². The molecular formula is C12H14N2O4S2. The number of aryl methyl sites for hydroxylation is 1. The lowest BCUT2D eigenvalue weighted by Gasteiger charge is -2.25. The summed E-state index contributed by atoms with van der Waals surface area (Å²) in [6.07, 6.45) is 1.54. The molecule has 1 saturated heterocycles. The molecule has 0 saturated carbocycles. The van der Waals surface area contributed by atoms with Gasteiger partial charge >= 0.3 is 0 Å². The van der Waals surface area contributed by atoms with Crippen LogP contribution in [0.25, 0.3) is 10.6 Å². The summed E-state index contributed by atoms with van der Waals surface area (Å²) >= 11 is 1.39. The SMILES string of the molecule is Cc1sc(-c2ccno2)cc1S(=O)(=O)N1CCOCC1. The highest BCUT2D eigenvalue weighted by atomic mass is 32.2. The van der Waals surface area contributed by atoms with Gasteiger partial charge in [0.05, 0.1) is 29.2 Å². The van der Waals surface area contributed by atoms with E-state index in [2.05, 4.69) is 5.16 Å². The molecule has 2 aromatic heterocycles. The molecule has 3 rings (SSSR count). The second-order valence-electron chi connectivity index (χ2n) is 4.42. The highest BCUT2D eigenvalue weighted by Gasteiger charge is 2.29. The average Bonchev–Trinajstić information content (AvgIpc) is 3.08. The molecule has 0 atom stereocenters. The van der Waals surface area contributed by atoms with Gasteiger partial charge in [-0.1, -0.05) is 5.16 Å². The molecule has 6 nitrogen and oxygen atoms in total. The van der Waals surface area contributed by atoms with Crippen LogP contribution in [0.1, 0.15) is 4.88 Å². The van der Waals surface area contributed by atoms with Gasteiger partial charge < -0.3 is 9.26 Å². The van der Waals surface area contributed by atoms with Gasteiger partial charge in [0, 0.05) is 24.0 Å². The fourth-order valence-electron chi connectivity index (χ4n) is 2.11. The van der Waals surface area contributed by atoms with Crippen molar-refractivity contribution < 1.29 is 17.7 Å². The van der Waals surface area contributed by atoms with Gasteiger partial charge in [0.15, 0.2) is 5.76 Å². The van der Waals surface area contributed by atoms with Crippen molar-refractivity contribution in [2.45, 2.75) is 11.8 Å². The predicted molar refractivity (Wildman–Crippen MR) is 74.1 cm³/mol. The van der Waals surface area contributed by atoms with E-state index < -0.39 is 10.0 Å². The quantitative estimate of drug-likeness (QED) is 0.862. The monoisotopic (exact) mass is 314 g/mol. The highest BCUT2D eigenvalue weighted by molar-refractivity contribution is 7.89. The standard InChI is InChI=1S/C12H14N2O4S2/c1-9-12(8-11(19-9)10-2-3-13-18-10)20(15,16)14-4-6-17-7-5-14/h2-3,8H,4-7H2,1H3. The lowest BCUT2D eigenvalue weighted by molar-refractivity contribution is 0.0730. The van der Waals surface area contributed by atoms with Crippen molar-refractivity contribution in [3.63, 3.8) is 0 Å². The highest BCUT2D eigenvalue weighted by Crippen LogP contribution is 2.34. The third-order valence-electron chi connectivity index (χ3n) is 3.14. The lowest BCUT2D eigenvalue weighted by atomic mass is 10.3. The molecule has 1 fully saturated rings. The largest absolute Gasteiger partial charge is 0.379 e. The van der Waals surface area contributed by atoms with Crippen LogP contribution in [0, 0.1) is 6.92 Å². The molecular weight excluding hydrogens is 300 g/mol. The molecule has 1 aliphatic rings. The van der Waals surface area contributed by atoms with E-state index >= 15 is 0 Å². The maximum atomic E-state index is 12.6. The zero-order chi connectivity index (χ0) is 14.2. The van der Waals surface area contributed by atoms with E-state index in [1.165, 1.54) is 15.6 Å². The molecule has 20 heavy (non-hydrogen) atoms. The Morgan fingerprint density at radius 1 is 1.35 bits per heavy atom. The minimum atomic E-state index is -3.46. The minimum Gasteiger partial charge on any atom is -0.379 e. The molecule has 3 heterocycles. The smallest absolute Gasteiger partial charge is 0.244 e. The van der Waals surface area contributed by atoms with Gasteiger partial charge in [-0.05, 0) is 13.0 Å². The van der Waals surface area contributed by atoms with Crippen molar-refractivity contribution in [2.24, 2.45) is 0 Å². The van der Waals surface area contributed by atoms with Crippen molar-refractivity contribution in [2.75, 3.05) is 26.3 Å². The number of nitrogens with zero attached hydrogens (tertiary/aromatic N) is 2. The van der Waals surface area contributed by atoms with E-state index in [0.29, 0.717) is 37.0 Å². The molecule has 0 spiro atoms. The number of rotatable bonds is 3. The number of thiophene rings is 1. The summed E-state index contributed by atoms with van der Waals surface area (Å²) < 4.78 is 37.0. The topological polar surface area (TPSA) is 72.6 Å². The number of hydrogen-bond donors (Lipinski definition) is 0. The molecule has 0 radical (unpaired) electrons. The number of morpholine rings is 1. The van der Waals surface area contributed by atoms with Crippen LogP contribution in [0.3, 0.4) is 0 Å². The zero-order valence-corrected chi connectivity index (χ0v) is 12.5. The van der Waals surface area contributed by atoms with Crippen LogP contribution >= 0.6 is 11.3 Å². The van der Waals surface area contributed by atoms with E-state index in [1.54, 1.807) is 25.3 Å². The third kappa shape index (κ3) is 2.39. The molecule has 108 valence electrons. The summed E-state index contributed by atoms with van der Waals surface area (Å²) in [5.41, 5.74) is 0. The van der Waals surface area contributed by atoms with E-state index in [1.807, 2.05) is 0 Å². The van der Waals surface area contributed by atoms with Crippen LogP contribution in [0.15, 0.2) is 27.7 Å². The molecule has 0 unspecified atom stereocenters. The van der Waals surface area contributed by atoms with Crippen molar-refractivity contribution >= 4 is 21.4 Å². The van der Waals surface area contributed by atoms with E-state index in [9.17, 15) is 8.42 Å². The number of sulfonamides is 1. The summed E-state index contributed by atoms with van der Waals surface area (Å²) in [5, 5.41) is 3.64. The molecule has 0 amide bonds. The summed E-state index contributed by atoms with van der Waals surface area (Å²) in [4.78, 5) is 1.87. The molecule has 1 aliphatic heterocycles. The summed E-state index contributed by atoms with van der Waals surface area (Å²) in [5.74, 6) is 0.585. The Morgan fingerprint density at radius 3 is 2.75 bits per heavy atom. The molecule has 0 N–H and O–H groups in total. The van der Waals surface area contributed by atoms with Gasteiger partial charge in [0.2, 0.25) is 10.0 Å². The Morgan fingerprint density at radius 2 is 2.10 bits per heavy atom. The number of hydrogen-bond acceptors (Lipinski definition) is 6. The zero-order valence-electron chi connectivity index (χ0n) is 10.9. The Bertz CT molecular complexity index is 685. The summed E-state index contributed by atoms with van der Waals surface area (Å²) in [7, 11) is -3.46. The van der Waals surface area contributed by atoms with Crippen LogP contribution in [0.4, 0.5) is 0 Å². The summed E-state index contributed by atoms with van der Waals surface area (Å²) in [6.45, 7) is 3.48. The molecule has 0 aromatic carbocycles. The van der Waals surface area contributed by atoms with E-state index in [0.717, 1.165) is 9.75 Å². The van der Waals surface area contributed by atoms with Crippen LogP contribution in [0.2, 0.25) is 0 Å². The van der Waals surface area contributed by atoms with Gasteiger partial charge in [0.1, 0.15) is 0 Å². The van der Waals surface area contributed by atoms with E-state index in [-0.39, 0.29) is 0 Å². The maximum Gasteiger partial charge on any atom is 0.244 e. The average molecular weight is 314 g/mol. The molecule has 8 heteroatoms. The predicted octanol–water partition coefficient (Wildman–Crippen LogP) is 1.73. The first-order valence-corrected chi connectivity index (χ1v) is 8.44. The first kappa shape index (κ1) is 13.7. The molecule has 0 aliphatic carbocycles. The normalized spacial score (nSPS) is 17.4. The van der Waals surface area contributed by atoms with Crippen LogP contribution in [0.5, 0.6) is 0 Å². The van der Waals surface area contributed by atoms with Gasteiger partial charge in [-0.2, -0.15) is 4.31 Å². The number of ether oxygens (including phenoxy) is 1. The molecule has 2 aromatic rings. The van der Waals surface area contributed by atoms with Crippen molar-refractivity contribution in [3.05, 3.63) is 23.2 Å². The molecule has 0 bridgehead atoms. The van der Waals surface area contributed by atoms with Gasteiger partial charge in [-0.3, -0.25) is 0 Å². The first-order chi connectivity index (χ1) is 9.59. The Labute approximate surface area is 121 Å². The Hall–Kier alpha value is -1.22. The van der Waals surface area contributed by atoms with Crippen LogP contribution in [-0.2, 0) is 14.8 Å². The van der Waals surface area contributed by atoms with Crippen LogP contribution < -0.4 is 0 Å². The number of aromatic nitrogens is 1. The fraction of sp³-hybridized carbons (Fsp3) is 0.417. The summed E-state index contributed by atoms with van der Waals surface area (Å²) in [6, 6.07) is 3.38. The Balaban J connectivity index is 1.97. The first-order valence-electron chi connectivity index (χ1n) is 6.18. The van der Waals surface area contributed by atoms with Crippen LogP contribution in [-0.4, -0.2) is 44.2 Å². The second kappa shape index (κ2) is 5.28. The van der Waals surface area contributed by atoms with Gasteiger partial charge in [-0.15, -0.1) is 11.3 Å². The lowest BCUT2D eigenvalue weighted by Crippen LogP contribution is -2.40. The van der Waals surface area contributed by atoms with Crippen molar-refractivity contribution in [1.82, 2.24) is 9.46 Å². The van der Waals surface area contributed by atoms with Gasteiger partial charge in [-0.25, -0.2) is 8.42 Å². The maximum absolute atomic E-state index is 12.6.